The van der Waals surface area contributed by atoms with E-state index in [4.69, 9.17) is 4.43 Å². The van der Waals surface area contributed by atoms with Gasteiger partial charge in [0.05, 0.1) is 8.80 Å². The molecule has 0 fully saturated rings. The van der Waals surface area contributed by atoms with Gasteiger partial charge >= 0.3 is 0 Å². The van der Waals surface area contributed by atoms with Gasteiger partial charge in [-0.05, 0) is 41.8 Å². The zero-order chi connectivity index (χ0) is 13.6. The molecule has 0 aromatic heterocycles. The molecule has 1 nitrogen and oxygen atoms in total. The van der Waals surface area contributed by atoms with Crippen LogP contribution in [0.15, 0.2) is 30.3 Å². The van der Waals surface area contributed by atoms with Crippen LogP contribution in [-0.4, -0.2) is 22.1 Å². The van der Waals surface area contributed by atoms with Crippen LogP contribution in [-0.2, 0) is 0 Å². The molecule has 0 amide bonds. The van der Waals surface area contributed by atoms with Crippen LogP contribution in [0.4, 0.5) is 0 Å². The van der Waals surface area contributed by atoms with E-state index in [1.54, 1.807) is 0 Å². The third kappa shape index (κ3) is 5.28. The Morgan fingerprint density at radius 2 is 1.89 bits per heavy atom. The Hall–Kier alpha value is -0.0662. The van der Waals surface area contributed by atoms with Gasteiger partial charge in [0.2, 0.25) is 8.32 Å². The Balaban J connectivity index is 2.63. The minimum Gasteiger partial charge on any atom is -0.544 e. The van der Waals surface area contributed by atoms with Crippen LogP contribution >= 0.6 is 15.9 Å². The highest BCUT2D eigenvalue weighted by Crippen LogP contribution is 2.30. The maximum absolute atomic E-state index is 6.27. The van der Waals surface area contributed by atoms with Crippen molar-refractivity contribution in [2.75, 3.05) is 4.95 Å². The molecule has 0 bridgehead atoms. The van der Waals surface area contributed by atoms with Gasteiger partial charge < -0.3 is 4.43 Å². The Morgan fingerprint density at radius 3 is 2.39 bits per heavy atom. The normalized spacial score (nSPS) is 13.7. The zero-order valence-corrected chi connectivity index (χ0v) is 15.5. The largest absolute Gasteiger partial charge is 0.544 e. The first kappa shape index (κ1) is 16.0. The van der Waals surface area contributed by atoms with E-state index < -0.39 is 8.32 Å². The predicted octanol–water partition coefficient (Wildman–Crippen LogP) is 5.11. The monoisotopic (exact) mass is 343 g/mol. The van der Waals surface area contributed by atoms with Crippen LogP contribution in [0, 0.1) is 0 Å². The Kier molecular flexibility index (Phi) is 6.67. The molecule has 0 spiro atoms. The van der Waals surface area contributed by atoms with Crippen LogP contribution in [0.5, 0.6) is 5.75 Å². The SMILES string of the molecule is CCC(C[Si](C)(C)Oc1ccccc1)[Si](C)CBr. The van der Waals surface area contributed by atoms with E-state index in [1.807, 2.05) is 18.2 Å². The number of hydrogen-bond donors (Lipinski definition) is 0. The van der Waals surface area contributed by atoms with Crippen molar-refractivity contribution < 1.29 is 4.43 Å². The summed E-state index contributed by atoms with van der Waals surface area (Å²) in [6.45, 7) is 9.42. The minimum atomic E-state index is -1.60. The lowest BCUT2D eigenvalue weighted by atomic mass is 10.3. The number of para-hydroxylation sites is 1. The van der Waals surface area contributed by atoms with Crippen molar-refractivity contribution in [2.45, 2.75) is 44.6 Å². The summed E-state index contributed by atoms with van der Waals surface area (Å²) in [5.74, 6) is 1.03. The van der Waals surface area contributed by atoms with Crippen molar-refractivity contribution in [3.05, 3.63) is 30.3 Å². The van der Waals surface area contributed by atoms with Gasteiger partial charge in [-0.2, -0.15) is 0 Å². The van der Waals surface area contributed by atoms with Crippen LogP contribution in [0.25, 0.3) is 0 Å². The van der Waals surface area contributed by atoms with Crippen LogP contribution in [0.3, 0.4) is 0 Å². The summed E-state index contributed by atoms with van der Waals surface area (Å²) < 4.78 is 6.27. The van der Waals surface area contributed by atoms with Crippen molar-refractivity contribution in [1.82, 2.24) is 0 Å². The minimum absolute atomic E-state index is 0.271. The quantitative estimate of drug-likeness (QED) is 0.493. The van der Waals surface area contributed by atoms with Gasteiger partial charge in [-0.15, -0.1) is 0 Å². The van der Waals surface area contributed by atoms with Gasteiger partial charge in [0.1, 0.15) is 5.75 Å². The average Bonchev–Trinajstić information content (AvgIpc) is 2.35. The van der Waals surface area contributed by atoms with Crippen LogP contribution in [0.1, 0.15) is 13.3 Å². The molecule has 1 radical (unpaired) electrons. The molecule has 1 unspecified atom stereocenters. The fourth-order valence-electron chi connectivity index (χ4n) is 2.22. The highest BCUT2D eigenvalue weighted by molar-refractivity contribution is 9.09. The Labute approximate surface area is 123 Å². The smallest absolute Gasteiger partial charge is 0.245 e. The molecule has 18 heavy (non-hydrogen) atoms. The maximum atomic E-state index is 6.27. The van der Waals surface area contributed by atoms with Crippen molar-refractivity contribution in [3.8, 4) is 5.75 Å². The lowest BCUT2D eigenvalue weighted by Crippen LogP contribution is -2.38. The third-order valence-corrected chi connectivity index (χ3v) is 11.0. The third-order valence-electron chi connectivity index (χ3n) is 3.28. The molecule has 4 heteroatoms. The number of alkyl halides is 1. The lowest BCUT2D eigenvalue weighted by Gasteiger charge is -2.30. The first-order valence-corrected chi connectivity index (χ1v) is 13.1. The van der Waals surface area contributed by atoms with Gasteiger partial charge in [0.15, 0.2) is 0 Å². The maximum Gasteiger partial charge on any atom is 0.245 e. The molecule has 1 atom stereocenters. The molecule has 0 aliphatic carbocycles. The second-order valence-corrected chi connectivity index (χ2v) is 14.1. The van der Waals surface area contributed by atoms with E-state index in [0.29, 0.717) is 0 Å². The van der Waals surface area contributed by atoms with E-state index in [2.05, 4.69) is 54.6 Å². The molecular weight excluding hydrogens is 320 g/mol. The molecule has 0 aliphatic rings. The number of benzene rings is 1. The summed E-state index contributed by atoms with van der Waals surface area (Å²) in [7, 11) is -1.87. The summed E-state index contributed by atoms with van der Waals surface area (Å²) in [6, 6.07) is 11.5. The summed E-state index contributed by atoms with van der Waals surface area (Å²) in [4.78, 5) is 1.19. The van der Waals surface area contributed by atoms with Gasteiger partial charge in [-0.25, -0.2) is 0 Å². The summed E-state index contributed by atoms with van der Waals surface area (Å²) >= 11 is 3.65. The fourth-order valence-corrected chi connectivity index (χ4v) is 9.71. The summed E-state index contributed by atoms with van der Waals surface area (Å²) in [5.41, 5.74) is 0.861. The van der Waals surface area contributed by atoms with Gasteiger partial charge in [-0.3, -0.25) is 0 Å². The second-order valence-electron chi connectivity index (χ2n) is 5.46. The van der Waals surface area contributed by atoms with Crippen molar-refractivity contribution in [1.29, 1.82) is 0 Å². The highest BCUT2D eigenvalue weighted by atomic mass is 79.9. The van der Waals surface area contributed by atoms with Gasteiger partial charge in [0.25, 0.3) is 0 Å². The second kappa shape index (κ2) is 7.51. The van der Waals surface area contributed by atoms with E-state index in [1.165, 1.54) is 17.4 Å². The van der Waals surface area contributed by atoms with E-state index in [0.717, 1.165) is 11.3 Å². The van der Waals surface area contributed by atoms with E-state index >= 15 is 0 Å². The molecule has 1 rings (SSSR count). The van der Waals surface area contributed by atoms with Crippen molar-refractivity contribution >= 4 is 33.0 Å². The highest BCUT2D eigenvalue weighted by Gasteiger charge is 2.30. The summed E-state index contributed by atoms with van der Waals surface area (Å²) in [5, 5.41) is 0. The molecule has 101 valence electrons. The summed E-state index contributed by atoms with van der Waals surface area (Å²) in [6.07, 6.45) is 1.28. The zero-order valence-electron chi connectivity index (χ0n) is 11.9. The Morgan fingerprint density at radius 1 is 1.28 bits per heavy atom. The topological polar surface area (TPSA) is 9.23 Å². The predicted molar refractivity (Wildman–Crippen MR) is 88.8 cm³/mol. The molecule has 0 N–H and O–H groups in total. The molecule has 1 aromatic carbocycles. The molecule has 1 aromatic rings. The van der Waals surface area contributed by atoms with Gasteiger partial charge in [0, 0.05) is 0 Å². The number of halogens is 1. The molecule has 0 saturated heterocycles. The first-order valence-electron chi connectivity index (χ1n) is 6.61. The number of hydrogen-bond acceptors (Lipinski definition) is 1. The van der Waals surface area contributed by atoms with Crippen LogP contribution in [0.2, 0.25) is 31.2 Å². The van der Waals surface area contributed by atoms with Crippen molar-refractivity contribution in [3.63, 3.8) is 0 Å². The molecule has 0 saturated carbocycles. The molecular formula is C14H24BrOSi2. The fraction of sp³-hybridized carbons (Fsp3) is 0.571. The lowest BCUT2D eigenvalue weighted by molar-refractivity contribution is 0.541. The molecule has 0 heterocycles. The van der Waals surface area contributed by atoms with E-state index in [9.17, 15) is 0 Å². The van der Waals surface area contributed by atoms with E-state index in [-0.39, 0.29) is 8.80 Å². The first-order chi connectivity index (χ1) is 8.48. The standard InChI is InChI=1S/C14H24BrOSi2/c1-5-14(17(2)12-15)11-18(3,4)16-13-9-7-6-8-10-13/h6-10,14H,5,11-12H2,1-4H3. The number of rotatable bonds is 7. The van der Waals surface area contributed by atoms with Gasteiger partial charge in [-0.1, -0.05) is 54.0 Å². The van der Waals surface area contributed by atoms with Crippen LogP contribution < -0.4 is 4.43 Å². The average molecular weight is 344 g/mol. The molecule has 0 aliphatic heterocycles. The Bertz CT molecular complexity index is 343. The van der Waals surface area contributed by atoms with Crippen molar-refractivity contribution in [2.24, 2.45) is 0 Å².